The van der Waals surface area contributed by atoms with Crippen LogP contribution in [0.5, 0.6) is 0 Å². The number of amides is 1. The molecule has 1 amide bonds. The van der Waals surface area contributed by atoms with Crippen LogP contribution < -0.4 is 5.32 Å². The van der Waals surface area contributed by atoms with Gasteiger partial charge in [0.15, 0.2) is 0 Å². The number of anilines is 1. The predicted molar refractivity (Wildman–Crippen MR) is 113 cm³/mol. The number of para-hydroxylation sites is 1. The Morgan fingerprint density at radius 1 is 1.07 bits per heavy atom. The number of aryl methyl sites for hydroxylation is 1. The van der Waals surface area contributed by atoms with Crippen LogP contribution in [0.3, 0.4) is 0 Å². The highest BCUT2D eigenvalue weighted by molar-refractivity contribution is 5.93. The second-order valence-corrected chi connectivity index (χ2v) is 8.66. The topological polar surface area (TPSA) is 50.2 Å². The Morgan fingerprint density at radius 3 is 2.29 bits per heavy atom. The largest absolute Gasteiger partial charge is 0.322 e. The van der Waals surface area contributed by atoms with Crippen molar-refractivity contribution in [3.8, 4) is 5.69 Å². The second-order valence-electron chi connectivity index (χ2n) is 8.66. The van der Waals surface area contributed by atoms with Gasteiger partial charge < -0.3 is 5.32 Å². The lowest BCUT2D eigenvalue weighted by molar-refractivity contribution is -0.118. The maximum absolute atomic E-state index is 12.9. The Hall–Kier alpha value is -2.14. The van der Waals surface area contributed by atoms with E-state index >= 15 is 0 Å². The van der Waals surface area contributed by atoms with Gasteiger partial charge in [-0.15, -0.1) is 0 Å². The molecule has 0 unspecified atom stereocenters. The summed E-state index contributed by atoms with van der Waals surface area (Å²) in [6.07, 6.45) is 7.52. The van der Waals surface area contributed by atoms with Crippen LogP contribution in [0.1, 0.15) is 56.8 Å². The predicted octanol–water partition coefficient (Wildman–Crippen LogP) is 4.47. The first-order chi connectivity index (χ1) is 13.5. The SMILES string of the molecule is Cc1nn(-c2ccccc2)c(C)c1NC(=O)CN(C1CCC(C)CC1)C1CC1. The van der Waals surface area contributed by atoms with Gasteiger partial charge in [-0.3, -0.25) is 9.69 Å². The van der Waals surface area contributed by atoms with Crippen LogP contribution >= 0.6 is 0 Å². The maximum atomic E-state index is 12.9. The molecule has 2 saturated carbocycles. The van der Waals surface area contributed by atoms with Gasteiger partial charge in [0.1, 0.15) is 0 Å². The normalized spacial score (nSPS) is 22.4. The fourth-order valence-corrected chi connectivity index (χ4v) is 4.53. The lowest BCUT2D eigenvalue weighted by atomic mass is 9.86. The molecule has 5 heteroatoms. The summed E-state index contributed by atoms with van der Waals surface area (Å²) in [5, 5.41) is 7.81. The molecule has 0 spiro atoms. The molecule has 1 heterocycles. The van der Waals surface area contributed by atoms with E-state index in [0.29, 0.717) is 18.6 Å². The van der Waals surface area contributed by atoms with E-state index in [1.54, 1.807) is 0 Å². The lowest BCUT2D eigenvalue weighted by Crippen LogP contribution is -2.44. The Labute approximate surface area is 168 Å². The molecule has 1 aromatic carbocycles. The zero-order chi connectivity index (χ0) is 19.7. The minimum absolute atomic E-state index is 0.0873. The minimum Gasteiger partial charge on any atom is -0.322 e. The standard InChI is InChI=1S/C23H32N4O/c1-16-9-11-19(12-10-16)26(20-13-14-20)15-22(28)24-23-17(2)25-27(18(23)3)21-7-5-4-6-8-21/h4-8,16,19-20H,9-15H2,1-3H3,(H,24,28). The molecular weight excluding hydrogens is 348 g/mol. The minimum atomic E-state index is 0.0873. The van der Waals surface area contributed by atoms with Gasteiger partial charge >= 0.3 is 0 Å². The summed E-state index contributed by atoms with van der Waals surface area (Å²) in [7, 11) is 0. The van der Waals surface area contributed by atoms with Crippen molar-refractivity contribution in [1.29, 1.82) is 0 Å². The third kappa shape index (κ3) is 4.14. The fraction of sp³-hybridized carbons (Fsp3) is 0.565. The van der Waals surface area contributed by atoms with E-state index in [-0.39, 0.29) is 5.91 Å². The average Bonchev–Trinajstić information content (AvgIpc) is 3.50. The van der Waals surface area contributed by atoms with Gasteiger partial charge in [-0.1, -0.05) is 25.1 Å². The summed E-state index contributed by atoms with van der Waals surface area (Å²) in [6, 6.07) is 11.2. The molecule has 2 aliphatic carbocycles. The summed E-state index contributed by atoms with van der Waals surface area (Å²) in [5.41, 5.74) is 3.70. The van der Waals surface area contributed by atoms with Gasteiger partial charge in [-0.2, -0.15) is 5.10 Å². The molecule has 2 aliphatic rings. The van der Waals surface area contributed by atoms with Crippen molar-refractivity contribution in [2.75, 3.05) is 11.9 Å². The van der Waals surface area contributed by atoms with Gasteiger partial charge in [0.2, 0.25) is 5.91 Å². The molecule has 1 aromatic heterocycles. The molecular formula is C23H32N4O. The number of hydrogen-bond donors (Lipinski definition) is 1. The molecule has 0 atom stereocenters. The smallest absolute Gasteiger partial charge is 0.238 e. The molecule has 0 aliphatic heterocycles. The zero-order valence-electron chi connectivity index (χ0n) is 17.3. The highest BCUT2D eigenvalue weighted by Crippen LogP contribution is 2.35. The van der Waals surface area contributed by atoms with E-state index < -0.39 is 0 Å². The highest BCUT2D eigenvalue weighted by Gasteiger charge is 2.36. The summed E-state index contributed by atoms with van der Waals surface area (Å²) in [4.78, 5) is 15.4. The van der Waals surface area contributed by atoms with Crippen molar-refractivity contribution < 1.29 is 4.79 Å². The molecule has 2 fully saturated rings. The van der Waals surface area contributed by atoms with E-state index in [1.807, 2.05) is 48.9 Å². The Morgan fingerprint density at radius 2 is 1.68 bits per heavy atom. The summed E-state index contributed by atoms with van der Waals surface area (Å²) >= 11 is 0. The molecule has 1 N–H and O–H groups in total. The van der Waals surface area contributed by atoms with Crippen LogP contribution in [-0.2, 0) is 4.79 Å². The molecule has 0 bridgehead atoms. The Balaban J connectivity index is 1.45. The van der Waals surface area contributed by atoms with Crippen LogP contribution in [0, 0.1) is 19.8 Å². The quantitative estimate of drug-likeness (QED) is 0.804. The molecule has 0 radical (unpaired) electrons. The average molecular weight is 381 g/mol. The van der Waals surface area contributed by atoms with Crippen molar-refractivity contribution in [2.24, 2.45) is 5.92 Å². The zero-order valence-corrected chi connectivity index (χ0v) is 17.3. The molecule has 4 rings (SSSR count). The number of nitrogens with zero attached hydrogens (tertiary/aromatic N) is 3. The van der Waals surface area contributed by atoms with Crippen molar-refractivity contribution >= 4 is 11.6 Å². The van der Waals surface area contributed by atoms with Crippen molar-refractivity contribution in [3.05, 3.63) is 41.7 Å². The Bertz CT molecular complexity index is 817. The van der Waals surface area contributed by atoms with Crippen LogP contribution in [0.4, 0.5) is 5.69 Å². The summed E-state index contributed by atoms with van der Waals surface area (Å²) in [6.45, 7) is 6.83. The van der Waals surface area contributed by atoms with Crippen molar-refractivity contribution in [3.63, 3.8) is 0 Å². The number of nitrogens with one attached hydrogen (secondary N) is 1. The van der Waals surface area contributed by atoms with E-state index in [9.17, 15) is 4.79 Å². The number of carbonyl (C=O) groups is 1. The third-order valence-corrected chi connectivity index (χ3v) is 6.35. The van der Waals surface area contributed by atoms with Crippen molar-refractivity contribution in [2.45, 2.75) is 71.4 Å². The number of hydrogen-bond acceptors (Lipinski definition) is 3. The Kier molecular flexibility index (Phi) is 5.54. The second kappa shape index (κ2) is 8.08. The van der Waals surface area contributed by atoms with Gasteiger partial charge in [0, 0.05) is 12.1 Å². The van der Waals surface area contributed by atoms with E-state index in [2.05, 4.69) is 22.2 Å². The first-order valence-electron chi connectivity index (χ1n) is 10.7. The molecule has 150 valence electrons. The number of carbonyl (C=O) groups excluding carboxylic acids is 1. The van der Waals surface area contributed by atoms with Gasteiger partial charge in [0.25, 0.3) is 0 Å². The first-order valence-corrected chi connectivity index (χ1v) is 10.7. The molecule has 28 heavy (non-hydrogen) atoms. The summed E-state index contributed by atoms with van der Waals surface area (Å²) in [5.74, 6) is 0.921. The molecule has 5 nitrogen and oxygen atoms in total. The van der Waals surface area contributed by atoms with E-state index in [4.69, 9.17) is 0 Å². The van der Waals surface area contributed by atoms with Gasteiger partial charge in [-0.05, 0) is 70.4 Å². The maximum Gasteiger partial charge on any atom is 0.238 e. The third-order valence-electron chi connectivity index (χ3n) is 6.35. The highest BCUT2D eigenvalue weighted by atomic mass is 16.2. The summed E-state index contributed by atoms with van der Waals surface area (Å²) < 4.78 is 1.91. The van der Waals surface area contributed by atoms with Crippen LogP contribution in [0.15, 0.2) is 30.3 Å². The van der Waals surface area contributed by atoms with Crippen LogP contribution in [0.2, 0.25) is 0 Å². The number of benzene rings is 1. The number of rotatable bonds is 6. The number of aromatic nitrogens is 2. The lowest BCUT2D eigenvalue weighted by Gasteiger charge is -2.36. The van der Waals surface area contributed by atoms with Crippen molar-refractivity contribution in [1.82, 2.24) is 14.7 Å². The first kappa shape index (κ1) is 19.2. The van der Waals surface area contributed by atoms with E-state index in [1.165, 1.54) is 38.5 Å². The molecule has 2 aromatic rings. The fourth-order valence-electron chi connectivity index (χ4n) is 4.53. The van der Waals surface area contributed by atoms with Crippen LogP contribution in [0.25, 0.3) is 5.69 Å². The van der Waals surface area contributed by atoms with Gasteiger partial charge in [0.05, 0.1) is 29.3 Å². The van der Waals surface area contributed by atoms with E-state index in [0.717, 1.165) is 28.7 Å². The van der Waals surface area contributed by atoms with Crippen LogP contribution in [-0.4, -0.2) is 39.2 Å². The molecule has 0 saturated heterocycles. The van der Waals surface area contributed by atoms with Gasteiger partial charge in [-0.25, -0.2) is 4.68 Å². The monoisotopic (exact) mass is 380 g/mol.